The summed E-state index contributed by atoms with van der Waals surface area (Å²) in [6, 6.07) is 28.4. The topological polar surface area (TPSA) is 172 Å². The van der Waals surface area contributed by atoms with E-state index in [0.29, 0.717) is 82.7 Å². The largest absolute Gasteiger partial charge is 0.497 e. The van der Waals surface area contributed by atoms with Gasteiger partial charge in [0.1, 0.15) is 22.9 Å². The van der Waals surface area contributed by atoms with Gasteiger partial charge >= 0.3 is 11.9 Å². The molecule has 16 nitrogen and oxygen atoms in total. The minimum absolute atomic E-state index is 0.123. The van der Waals surface area contributed by atoms with Gasteiger partial charge in [-0.3, -0.25) is 9.59 Å². The molecule has 16 heteroatoms. The lowest BCUT2D eigenvalue weighted by Crippen LogP contribution is -2.39. The fourth-order valence-corrected chi connectivity index (χ4v) is 7.27. The second-order valence-electron chi connectivity index (χ2n) is 13.7. The summed E-state index contributed by atoms with van der Waals surface area (Å²) in [6.45, 7) is 4.46. The molecular formula is C44H40N8O8. The van der Waals surface area contributed by atoms with Crippen molar-refractivity contribution in [1.82, 2.24) is 19.6 Å². The van der Waals surface area contributed by atoms with Crippen LogP contribution in [0.3, 0.4) is 0 Å². The van der Waals surface area contributed by atoms with Crippen LogP contribution in [0.25, 0.3) is 11.4 Å². The zero-order chi connectivity index (χ0) is 41.9. The van der Waals surface area contributed by atoms with Crippen molar-refractivity contribution < 1.29 is 38.1 Å². The highest BCUT2D eigenvalue weighted by Gasteiger charge is 2.37. The Labute approximate surface area is 344 Å². The van der Waals surface area contributed by atoms with Crippen LogP contribution in [0.4, 0.5) is 22.7 Å². The van der Waals surface area contributed by atoms with Crippen molar-refractivity contribution >= 4 is 46.5 Å². The van der Waals surface area contributed by atoms with E-state index in [1.807, 2.05) is 0 Å². The highest BCUT2D eigenvalue weighted by Crippen LogP contribution is 2.33. The van der Waals surface area contributed by atoms with Gasteiger partial charge in [0.2, 0.25) is 0 Å². The molecule has 0 N–H and O–H groups in total. The maximum absolute atomic E-state index is 14.1. The van der Waals surface area contributed by atoms with E-state index in [1.54, 1.807) is 135 Å². The number of amides is 2. The Hall–Kier alpha value is -7.62. The summed E-state index contributed by atoms with van der Waals surface area (Å²) in [6.07, 6.45) is 0.794. The van der Waals surface area contributed by atoms with Crippen LogP contribution in [-0.4, -0.2) is 83.8 Å². The lowest BCUT2D eigenvalue weighted by atomic mass is 10.0. The quantitative estimate of drug-likeness (QED) is 0.0906. The first-order valence-electron chi connectivity index (χ1n) is 19.3. The van der Waals surface area contributed by atoms with E-state index >= 15 is 0 Å². The first-order chi connectivity index (χ1) is 29.2. The van der Waals surface area contributed by atoms with Gasteiger partial charge in [-0.25, -0.2) is 19.0 Å². The van der Waals surface area contributed by atoms with E-state index in [4.69, 9.17) is 18.9 Å². The maximum atomic E-state index is 14.1. The van der Waals surface area contributed by atoms with Gasteiger partial charge in [-0.2, -0.15) is 20.4 Å². The molecule has 4 heterocycles. The van der Waals surface area contributed by atoms with E-state index in [1.165, 1.54) is 9.36 Å². The Morgan fingerprint density at radius 2 is 0.900 bits per heavy atom. The van der Waals surface area contributed by atoms with Crippen LogP contribution in [0.2, 0.25) is 0 Å². The average molecular weight is 809 g/mol. The highest BCUT2D eigenvalue weighted by atomic mass is 16.5. The van der Waals surface area contributed by atoms with Gasteiger partial charge in [0.15, 0.2) is 11.4 Å². The van der Waals surface area contributed by atoms with Gasteiger partial charge in [-0.1, -0.05) is 0 Å². The number of hydrogen-bond acceptors (Lipinski definition) is 12. The molecule has 0 saturated heterocycles. The van der Waals surface area contributed by atoms with Gasteiger partial charge in [0.25, 0.3) is 11.8 Å². The molecule has 0 fully saturated rings. The fourth-order valence-electron chi connectivity index (χ4n) is 7.27. The Balaban J connectivity index is 0.986. The molecule has 6 aromatic rings. The summed E-state index contributed by atoms with van der Waals surface area (Å²) in [7, 11) is 3.14. The SMILES string of the molecule is CCOC(=O)c1nn(-c2ccc(OC)cc2)c2c1CCN(c1ccc(N=Nc3ccc(N4CCc5c(C(=O)OCC)nn(-c6ccc(OC)cc6)c5C4=O)cc3)cc1)C2=O. The van der Waals surface area contributed by atoms with E-state index in [0.717, 1.165) is 0 Å². The van der Waals surface area contributed by atoms with Crippen LogP contribution >= 0.6 is 0 Å². The number of azo groups is 1. The second-order valence-corrected chi connectivity index (χ2v) is 13.7. The number of anilines is 2. The molecule has 0 saturated carbocycles. The van der Waals surface area contributed by atoms with Crippen LogP contribution in [-0.2, 0) is 22.3 Å². The zero-order valence-electron chi connectivity index (χ0n) is 33.3. The molecule has 4 aromatic carbocycles. The molecule has 0 unspecified atom stereocenters. The summed E-state index contributed by atoms with van der Waals surface area (Å²) in [5, 5.41) is 17.9. The highest BCUT2D eigenvalue weighted by molar-refractivity contribution is 6.10. The summed E-state index contributed by atoms with van der Waals surface area (Å²) in [5.41, 5.74) is 5.51. The van der Waals surface area contributed by atoms with Crippen molar-refractivity contribution in [2.45, 2.75) is 26.7 Å². The fraction of sp³-hybridized carbons (Fsp3) is 0.227. The summed E-state index contributed by atoms with van der Waals surface area (Å²) in [5.74, 6) is -0.487. The molecule has 8 rings (SSSR count). The van der Waals surface area contributed by atoms with Crippen molar-refractivity contribution in [3.63, 3.8) is 0 Å². The average Bonchev–Trinajstić information content (AvgIpc) is 3.88. The van der Waals surface area contributed by atoms with Crippen molar-refractivity contribution in [2.24, 2.45) is 10.2 Å². The molecule has 304 valence electrons. The predicted molar refractivity (Wildman–Crippen MR) is 220 cm³/mol. The first kappa shape index (κ1) is 39.2. The molecule has 0 aliphatic carbocycles. The van der Waals surface area contributed by atoms with Gasteiger partial charge < -0.3 is 28.7 Å². The lowest BCUT2D eigenvalue weighted by Gasteiger charge is -2.28. The molecular weight excluding hydrogens is 769 g/mol. The van der Waals surface area contributed by atoms with Crippen LogP contribution < -0.4 is 19.3 Å². The van der Waals surface area contributed by atoms with Crippen molar-refractivity contribution in [3.05, 3.63) is 131 Å². The van der Waals surface area contributed by atoms with E-state index < -0.39 is 11.9 Å². The Morgan fingerprint density at radius 3 is 1.23 bits per heavy atom. The number of methoxy groups -OCH3 is 2. The number of benzene rings is 4. The minimum atomic E-state index is -0.579. The third kappa shape index (κ3) is 7.34. The lowest BCUT2D eigenvalue weighted by molar-refractivity contribution is 0.0508. The standard InChI is InChI=1S/C44H40N8O8/c1-5-59-43(55)37-35-23-25-49(41(53)39(35)51(47-37)31-15-19-33(57-3)20-16-31)29-11-7-27(8-12-29)45-46-28-9-13-30(14-10-28)50-26-24-36-38(44(56)60-6-2)48-52(40(36)42(50)54)32-17-21-34(58-4)22-18-32/h7-22H,5-6,23-26H2,1-4H3. The molecule has 2 amide bonds. The number of ether oxygens (including phenoxy) is 4. The molecule has 60 heavy (non-hydrogen) atoms. The maximum Gasteiger partial charge on any atom is 0.359 e. The number of carbonyl (C=O) groups is 4. The minimum Gasteiger partial charge on any atom is -0.497 e. The van der Waals surface area contributed by atoms with E-state index in [-0.39, 0.29) is 47.8 Å². The van der Waals surface area contributed by atoms with E-state index in [2.05, 4.69) is 20.4 Å². The number of fused-ring (bicyclic) bond motifs is 2. The van der Waals surface area contributed by atoms with E-state index in [9.17, 15) is 19.2 Å². The molecule has 0 radical (unpaired) electrons. The Kier molecular flexibility index (Phi) is 10.9. The summed E-state index contributed by atoms with van der Waals surface area (Å²) >= 11 is 0. The van der Waals surface area contributed by atoms with Crippen LogP contribution in [0.1, 0.15) is 66.9 Å². The summed E-state index contributed by atoms with van der Waals surface area (Å²) < 4.78 is 24.1. The molecule has 0 atom stereocenters. The molecule has 0 bridgehead atoms. The van der Waals surface area contributed by atoms with Gasteiger partial charge in [0.05, 0.1) is 50.2 Å². The van der Waals surface area contributed by atoms with Crippen LogP contribution in [0.15, 0.2) is 107 Å². The normalized spacial score (nSPS) is 13.6. The van der Waals surface area contributed by atoms with Crippen LogP contribution in [0.5, 0.6) is 11.5 Å². The number of hydrogen-bond donors (Lipinski definition) is 0. The predicted octanol–water partition coefficient (Wildman–Crippen LogP) is 7.25. The van der Waals surface area contributed by atoms with Crippen molar-refractivity contribution in [2.75, 3.05) is 50.3 Å². The first-order valence-corrected chi connectivity index (χ1v) is 19.3. The Bertz CT molecular complexity index is 2430. The van der Waals surface area contributed by atoms with Gasteiger partial charge in [-0.15, -0.1) is 0 Å². The number of rotatable bonds is 12. The molecule has 2 aromatic heterocycles. The van der Waals surface area contributed by atoms with Gasteiger partial charge in [0, 0.05) is 35.6 Å². The molecule has 2 aliphatic heterocycles. The monoisotopic (exact) mass is 808 g/mol. The number of aromatic nitrogens is 4. The second kappa shape index (κ2) is 16.7. The summed E-state index contributed by atoms with van der Waals surface area (Å²) in [4.78, 5) is 57.2. The number of carbonyl (C=O) groups excluding carboxylic acids is 4. The molecule has 2 aliphatic rings. The number of nitrogens with zero attached hydrogens (tertiary/aromatic N) is 8. The number of esters is 2. The third-order valence-corrected chi connectivity index (χ3v) is 10.2. The van der Waals surface area contributed by atoms with Crippen molar-refractivity contribution in [1.29, 1.82) is 0 Å². The van der Waals surface area contributed by atoms with Crippen molar-refractivity contribution in [3.8, 4) is 22.9 Å². The zero-order valence-corrected chi connectivity index (χ0v) is 33.3. The van der Waals surface area contributed by atoms with Crippen LogP contribution in [0, 0.1) is 0 Å². The third-order valence-electron chi connectivity index (χ3n) is 10.2. The Morgan fingerprint density at radius 1 is 0.550 bits per heavy atom. The smallest absolute Gasteiger partial charge is 0.359 e. The van der Waals surface area contributed by atoms with Gasteiger partial charge in [-0.05, 0) is 124 Å². The molecule has 0 spiro atoms.